The van der Waals surface area contributed by atoms with E-state index in [0.29, 0.717) is 11.5 Å². The second kappa shape index (κ2) is 6.87. The van der Waals surface area contributed by atoms with Gasteiger partial charge in [0.05, 0.1) is 7.11 Å². The van der Waals surface area contributed by atoms with Crippen LogP contribution in [0.5, 0.6) is 5.75 Å². The maximum absolute atomic E-state index is 14.0. The number of hydrogen-bond acceptors (Lipinski definition) is 1. The molecule has 3 heteroatoms. The standard InChI is InChI=1S/C17H22F2O/c1-3-4-5-12-6-8-13(9-7-12)14-10-11-15(20-2)17(19)16(14)18/h8,10-12H,3-7,9H2,1-2H3. The minimum Gasteiger partial charge on any atom is -0.494 e. The average molecular weight is 280 g/mol. The van der Waals surface area contributed by atoms with Crippen molar-refractivity contribution < 1.29 is 13.5 Å². The van der Waals surface area contributed by atoms with Gasteiger partial charge in [-0.05, 0) is 42.9 Å². The largest absolute Gasteiger partial charge is 0.494 e. The van der Waals surface area contributed by atoms with Crippen molar-refractivity contribution in [3.8, 4) is 5.75 Å². The Kier molecular flexibility index (Phi) is 5.16. The number of halogens is 2. The van der Waals surface area contributed by atoms with Crippen LogP contribution in [0.2, 0.25) is 0 Å². The molecule has 0 saturated heterocycles. The summed E-state index contributed by atoms with van der Waals surface area (Å²) in [6.45, 7) is 2.19. The molecule has 1 aromatic rings. The molecule has 0 spiro atoms. The van der Waals surface area contributed by atoms with Crippen LogP contribution in [0.4, 0.5) is 8.78 Å². The van der Waals surface area contributed by atoms with Crippen LogP contribution in [0.1, 0.15) is 51.0 Å². The van der Waals surface area contributed by atoms with E-state index in [9.17, 15) is 8.78 Å². The maximum atomic E-state index is 14.0. The number of allylic oxidation sites excluding steroid dienone is 2. The van der Waals surface area contributed by atoms with Crippen molar-refractivity contribution in [1.82, 2.24) is 0 Å². The fraction of sp³-hybridized carbons (Fsp3) is 0.529. The van der Waals surface area contributed by atoms with Gasteiger partial charge in [0.1, 0.15) is 0 Å². The molecule has 0 saturated carbocycles. The highest BCUT2D eigenvalue weighted by Crippen LogP contribution is 2.35. The number of unbranched alkanes of at least 4 members (excludes halogenated alkanes) is 1. The van der Waals surface area contributed by atoms with Crippen LogP contribution in [-0.4, -0.2) is 7.11 Å². The van der Waals surface area contributed by atoms with Crippen molar-refractivity contribution >= 4 is 5.57 Å². The van der Waals surface area contributed by atoms with Crippen LogP contribution in [-0.2, 0) is 0 Å². The van der Waals surface area contributed by atoms with E-state index >= 15 is 0 Å². The highest BCUT2D eigenvalue weighted by atomic mass is 19.2. The quantitative estimate of drug-likeness (QED) is 0.706. The molecule has 0 aliphatic heterocycles. The lowest BCUT2D eigenvalue weighted by molar-refractivity contribution is 0.371. The molecule has 1 aromatic carbocycles. The van der Waals surface area contributed by atoms with Crippen LogP contribution in [0.25, 0.3) is 5.57 Å². The summed E-state index contributed by atoms with van der Waals surface area (Å²) >= 11 is 0. The van der Waals surface area contributed by atoms with Gasteiger partial charge in [-0.3, -0.25) is 0 Å². The lowest BCUT2D eigenvalue weighted by Gasteiger charge is -2.22. The number of ether oxygens (including phenoxy) is 1. The summed E-state index contributed by atoms with van der Waals surface area (Å²) in [6, 6.07) is 3.12. The molecular weight excluding hydrogens is 258 g/mol. The van der Waals surface area contributed by atoms with Crippen molar-refractivity contribution in [1.29, 1.82) is 0 Å². The zero-order valence-electron chi connectivity index (χ0n) is 12.2. The van der Waals surface area contributed by atoms with E-state index < -0.39 is 11.6 Å². The molecule has 1 unspecified atom stereocenters. The lowest BCUT2D eigenvalue weighted by Crippen LogP contribution is -2.07. The lowest BCUT2D eigenvalue weighted by atomic mass is 9.84. The first kappa shape index (κ1) is 15.0. The molecule has 0 N–H and O–H groups in total. The first-order valence-electron chi connectivity index (χ1n) is 7.38. The Morgan fingerprint density at radius 1 is 1.25 bits per heavy atom. The Hall–Kier alpha value is -1.38. The molecule has 0 bridgehead atoms. The minimum atomic E-state index is -0.890. The normalized spacial score (nSPS) is 18.8. The van der Waals surface area contributed by atoms with E-state index in [1.165, 1.54) is 32.4 Å². The van der Waals surface area contributed by atoms with E-state index in [4.69, 9.17) is 4.74 Å². The minimum absolute atomic E-state index is 0.0384. The molecule has 1 aliphatic rings. The summed E-state index contributed by atoms with van der Waals surface area (Å²) in [7, 11) is 1.34. The predicted octanol–water partition coefficient (Wildman–Crippen LogP) is 5.35. The summed E-state index contributed by atoms with van der Waals surface area (Å²) in [5.74, 6) is -1.02. The van der Waals surface area contributed by atoms with E-state index in [1.54, 1.807) is 6.07 Å². The van der Waals surface area contributed by atoms with Gasteiger partial charge in [-0.15, -0.1) is 0 Å². The number of benzene rings is 1. The van der Waals surface area contributed by atoms with Gasteiger partial charge in [0.2, 0.25) is 5.82 Å². The van der Waals surface area contributed by atoms with Crippen molar-refractivity contribution in [2.24, 2.45) is 5.92 Å². The summed E-state index contributed by atoms with van der Waals surface area (Å²) in [5, 5.41) is 0. The molecule has 0 radical (unpaired) electrons. The van der Waals surface area contributed by atoms with Gasteiger partial charge in [0.25, 0.3) is 0 Å². The fourth-order valence-corrected chi connectivity index (χ4v) is 2.83. The third kappa shape index (κ3) is 3.20. The van der Waals surface area contributed by atoms with Gasteiger partial charge in [-0.2, -0.15) is 4.39 Å². The van der Waals surface area contributed by atoms with Crippen LogP contribution in [0.15, 0.2) is 18.2 Å². The molecule has 1 nitrogen and oxygen atoms in total. The second-order valence-corrected chi connectivity index (χ2v) is 5.46. The Bertz CT molecular complexity index is 494. The Morgan fingerprint density at radius 3 is 2.65 bits per heavy atom. The zero-order valence-corrected chi connectivity index (χ0v) is 12.2. The van der Waals surface area contributed by atoms with E-state index in [2.05, 4.69) is 13.0 Å². The van der Waals surface area contributed by atoms with Crippen molar-refractivity contribution in [2.45, 2.75) is 45.4 Å². The summed E-state index contributed by atoms with van der Waals surface area (Å²) < 4.78 is 32.6. The number of hydrogen-bond donors (Lipinski definition) is 0. The summed E-state index contributed by atoms with van der Waals surface area (Å²) in [6.07, 6.45) is 8.65. The Morgan fingerprint density at radius 2 is 2.05 bits per heavy atom. The SMILES string of the molecule is CCCCC1CC=C(c2ccc(OC)c(F)c2F)CC1. The molecule has 1 aliphatic carbocycles. The summed E-state index contributed by atoms with van der Waals surface area (Å²) in [5.41, 5.74) is 1.31. The molecule has 0 fully saturated rings. The third-order valence-corrected chi connectivity index (χ3v) is 4.10. The van der Waals surface area contributed by atoms with Gasteiger partial charge < -0.3 is 4.74 Å². The van der Waals surface area contributed by atoms with E-state index in [1.807, 2.05) is 0 Å². The van der Waals surface area contributed by atoms with Crippen LogP contribution < -0.4 is 4.74 Å². The van der Waals surface area contributed by atoms with Crippen molar-refractivity contribution in [3.63, 3.8) is 0 Å². The van der Waals surface area contributed by atoms with Gasteiger partial charge in [0.15, 0.2) is 11.6 Å². The predicted molar refractivity (Wildman–Crippen MR) is 77.8 cm³/mol. The van der Waals surface area contributed by atoms with Gasteiger partial charge in [0, 0.05) is 5.56 Å². The molecule has 20 heavy (non-hydrogen) atoms. The number of rotatable bonds is 5. The highest BCUT2D eigenvalue weighted by Gasteiger charge is 2.20. The topological polar surface area (TPSA) is 9.23 Å². The molecule has 110 valence electrons. The van der Waals surface area contributed by atoms with Crippen molar-refractivity contribution in [3.05, 3.63) is 35.4 Å². The monoisotopic (exact) mass is 280 g/mol. The maximum Gasteiger partial charge on any atom is 0.201 e. The van der Waals surface area contributed by atoms with Crippen LogP contribution in [0, 0.1) is 17.6 Å². The highest BCUT2D eigenvalue weighted by molar-refractivity contribution is 5.67. The molecule has 2 rings (SSSR count). The molecule has 0 amide bonds. The van der Waals surface area contributed by atoms with Gasteiger partial charge >= 0.3 is 0 Å². The van der Waals surface area contributed by atoms with Gasteiger partial charge in [-0.1, -0.05) is 32.3 Å². The van der Waals surface area contributed by atoms with Crippen LogP contribution in [0.3, 0.4) is 0 Å². The molecular formula is C17H22F2O. The summed E-state index contributed by atoms with van der Waals surface area (Å²) in [4.78, 5) is 0. The molecule has 0 aromatic heterocycles. The Labute approximate surface area is 119 Å². The fourth-order valence-electron chi connectivity index (χ4n) is 2.83. The molecule has 1 atom stereocenters. The first-order valence-corrected chi connectivity index (χ1v) is 7.38. The third-order valence-electron chi connectivity index (χ3n) is 4.10. The van der Waals surface area contributed by atoms with E-state index in [-0.39, 0.29) is 5.75 Å². The second-order valence-electron chi connectivity index (χ2n) is 5.46. The molecule has 0 heterocycles. The van der Waals surface area contributed by atoms with Crippen molar-refractivity contribution in [2.75, 3.05) is 7.11 Å². The Balaban J connectivity index is 2.13. The smallest absolute Gasteiger partial charge is 0.201 e. The van der Waals surface area contributed by atoms with Crippen LogP contribution >= 0.6 is 0 Å². The van der Waals surface area contributed by atoms with Gasteiger partial charge in [-0.25, -0.2) is 4.39 Å². The average Bonchev–Trinajstić information content (AvgIpc) is 2.48. The zero-order chi connectivity index (χ0) is 14.5. The number of methoxy groups -OCH3 is 1. The van der Waals surface area contributed by atoms with E-state index in [0.717, 1.165) is 24.8 Å². The first-order chi connectivity index (χ1) is 9.67.